The maximum absolute atomic E-state index is 12.8. The number of carbonyl (C=O) groups excluding carboxylic acids is 1. The van der Waals surface area contributed by atoms with Crippen LogP contribution in [0, 0.1) is 6.92 Å². The highest BCUT2D eigenvalue weighted by Gasteiger charge is 2.33. The minimum atomic E-state index is -0.0564. The lowest BCUT2D eigenvalue weighted by Gasteiger charge is -2.35. The van der Waals surface area contributed by atoms with Gasteiger partial charge in [0.05, 0.1) is 31.4 Å². The molecule has 1 aliphatic heterocycles. The van der Waals surface area contributed by atoms with Crippen LogP contribution in [0.15, 0.2) is 28.9 Å². The summed E-state index contributed by atoms with van der Waals surface area (Å²) in [6.45, 7) is 3.50. The first kappa shape index (κ1) is 15.2. The molecule has 0 spiro atoms. The van der Waals surface area contributed by atoms with Gasteiger partial charge in [0.15, 0.2) is 0 Å². The Morgan fingerprint density at radius 1 is 1.45 bits per heavy atom. The van der Waals surface area contributed by atoms with E-state index in [1.54, 1.807) is 17.9 Å². The molecule has 0 bridgehead atoms. The molecule has 2 aromatic rings. The number of carbonyl (C=O) groups is 1. The van der Waals surface area contributed by atoms with E-state index in [0.29, 0.717) is 30.0 Å². The highest BCUT2D eigenvalue weighted by atomic mass is 79.9. The molecule has 116 valence electrons. The van der Waals surface area contributed by atoms with Gasteiger partial charge < -0.3 is 9.64 Å². The van der Waals surface area contributed by atoms with Crippen molar-refractivity contribution in [3.63, 3.8) is 0 Å². The van der Waals surface area contributed by atoms with Crippen molar-refractivity contribution in [2.24, 2.45) is 0 Å². The smallest absolute Gasteiger partial charge is 0.272 e. The number of ether oxygens (including phenoxy) is 1. The molecule has 2 aromatic heterocycles. The van der Waals surface area contributed by atoms with Crippen LogP contribution < -0.4 is 0 Å². The Morgan fingerprint density at radius 2 is 2.27 bits per heavy atom. The number of fused-ring (bicyclic) bond motifs is 1. The second-order valence-electron chi connectivity index (χ2n) is 5.35. The van der Waals surface area contributed by atoms with Crippen molar-refractivity contribution < 1.29 is 9.53 Å². The first-order chi connectivity index (χ1) is 10.6. The minimum absolute atomic E-state index is 0.0465. The van der Waals surface area contributed by atoms with Crippen molar-refractivity contribution in [3.05, 3.63) is 46.0 Å². The Labute approximate surface area is 137 Å². The van der Waals surface area contributed by atoms with Gasteiger partial charge in [-0.15, -0.1) is 0 Å². The van der Waals surface area contributed by atoms with E-state index in [1.165, 1.54) is 0 Å². The molecule has 0 aromatic carbocycles. The number of amides is 1. The van der Waals surface area contributed by atoms with Gasteiger partial charge in [0.1, 0.15) is 10.3 Å². The minimum Gasteiger partial charge on any atom is -0.382 e. The van der Waals surface area contributed by atoms with Gasteiger partial charge in [-0.2, -0.15) is 5.10 Å². The largest absolute Gasteiger partial charge is 0.382 e. The van der Waals surface area contributed by atoms with Crippen LogP contribution in [0.3, 0.4) is 0 Å². The van der Waals surface area contributed by atoms with E-state index in [-0.39, 0.29) is 11.9 Å². The first-order valence-electron chi connectivity index (χ1n) is 7.04. The fourth-order valence-electron chi connectivity index (χ4n) is 2.71. The SMILES string of the molecule is COCC1Cn2nc(Br)cc2C(=O)N1Cc1cccc(C)n1. The summed E-state index contributed by atoms with van der Waals surface area (Å²) in [5, 5.41) is 4.30. The molecule has 1 atom stereocenters. The van der Waals surface area contributed by atoms with Crippen LogP contribution in [0.5, 0.6) is 0 Å². The topological polar surface area (TPSA) is 60.3 Å². The van der Waals surface area contributed by atoms with Crippen LogP contribution in [-0.4, -0.2) is 45.3 Å². The van der Waals surface area contributed by atoms with Crippen LogP contribution in [0.1, 0.15) is 21.9 Å². The standard InChI is InChI=1S/C15H17BrN4O2/c1-10-4-3-5-11(17-10)7-19-12(9-22-2)8-20-13(15(19)21)6-14(16)18-20/h3-6,12H,7-9H2,1-2H3. The number of halogens is 1. The van der Waals surface area contributed by atoms with E-state index >= 15 is 0 Å². The quantitative estimate of drug-likeness (QED) is 0.832. The van der Waals surface area contributed by atoms with Crippen LogP contribution in [0.2, 0.25) is 0 Å². The molecule has 1 aliphatic rings. The monoisotopic (exact) mass is 364 g/mol. The van der Waals surface area contributed by atoms with E-state index in [0.717, 1.165) is 11.4 Å². The number of aryl methyl sites for hydroxylation is 1. The van der Waals surface area contributed by atoms with Crippen molar-refractivity contribution in [2.45, 2.75) is 26.1 Å². The second-order valence-corrected chi connectivity index (χ2v) is 6.16. The predicted octanol–water partition coefficient (Wildman–Crippen LogP) is 2.02. The molecule has 6 nitrogen and oxygen atoms in total. The van der Waals surface area contributed by atoms with Gasteiger partial charge in [-0.3, -0.25) is 14.5 Å². The lowest BCUT2D eigenvalue weighted by molar-refractivity contribution is 0.0368. The Kier molecular flexibility index (Phi) is 4.26. The summed E-state index contributed by atoms with van der Waals surface area (Å²) in [5.41, 5.74) is 2.41. The summed E-state index contributed by atoms with van der Waals surface area (Å²) in [7, 11) is 1.64. The zero-order valence-electron chi connectivity index (χ0n) is 12.5. The number of rotatable bonds is 4. The van der Waals surface area contributed by atoms with E-state index in [2.05, 4.69) is 26.0 Å². The lowest BCUT2D eigenvalue weighted by Crippen LogP contribution is -2.49. The molecule has 0 aliphatic carbocycles. The Morgan fingerprint density at radius 3 is 3.00 bits per heavy atom. The molecule has 7 heteroatoms. The van der Waals surface area contributed by atoms with E-state index in [1.807, 2.05) is 30.0 Å². The molecular weight excluding hydrogens is 348 g/mol. The summed E-state index contributed by atoms with van der Waals surface area (Å²) in [5.74, 6) is -0.0465. The summed E-state index contributed by atoms with van der Waals surface area (Å²) >= 11 is 3.33. The number of pyridine rings is 1. The van der Waals surface area contributed by atoms with Gasteiger partial charge in [0, 0.05) is 18.9 Å². The fourth-order valence-corrected chi connectivity index (χ4v) is 3.11. The summed E-state index contributed by atoms with van der Waals surface area (Å²) in [6, 6.07) is 7.53. The molecule has 0 saturated carbocycles. The fraction of sp³-hybridized carbons (Fsp3) is 0.400. The molecule has 3 heterocycles. The average Bonchev–Trinajstić information content (AvgIpc) is 2.84. The van der Waals surface area contributed by atoms with E-state index in [9.17, 15) is 4.79 Å². The highest BCUT2D eigenvalue weighted by molar-refractivity contribution is 9.10. The van der Waals surface area contributed by atoms with Crippen molar-refractivity contribution in [3.8, 4) is 0 Å². The van der Waals surface area contributed by atoms with Crippen LogP contribution in [-0.2, 0) is 17.8 Å². The van der Waals surface area contributed by atoms with E-state index < -0.39 is 0 Å². The van der Waals surface area contributed by atoms with Gasteiger partial charge in [0.2, 0.25) is 0 Å². The third kappa shape index (κ3) is 2.91. The second kappa shape index (κ2) is 6.18. The number of aromatic nitrogens is 3. The Hall–Kier alpha value is -1.73. The number of hydrogen-bond acceptors (Lipinski definition) is 4. The molecular formula is C15H17BrN4O2. The third-order valence-electron chi connectivity index (χ3n) is 3.69. The van der Waals surface area contributed by atoms with Gasteiger partial charge in [-0.1, -0.05) is 6.07 Å². The maximum Gasteiger partial charge on any atom is 0.272 e. The number of methoxy groups -OCH3 is 1. The summed E-state index contributed by atoms with van der Waals surface area (Å²) in [4.78, 5) is 19.1. The van der Waals surface area contributed by atoms with Gasteiger partial charge in [-0.25, -0.2) is 0 Å². The zero-order valence-corrected chi connectivity index (χ0v) is 14.1. The van der Waals surface area contributed by atoms with Crippen LogP contribution >= 0.6 is 15.9 Å². The Balaban J connectivity index is 1.91. The predicted molar refractivity (Wildman–Crippen MR) is 84.4 cm³/mol. The summed E-state index contributed by atoms with van der Waals surface area (Å²) < 4.78 is 7.68. The molecule has 22 heavy (non-hydrogen) atoms. The molecule has 0 fully saturated rings. The average molecular weight is 365 g/mol. The molecule has 3 rings (SSSR count). The maximum atomic E-state index is 12.8. The van der Waals surface area contributed by atoms with Gasteiger partial charge >= 0.3 is 0 Å². The first-order valence-corrected chi connectivity index (χ1v) is 7.83. The highest BCUT2D eigenvalue weighted by Crippen LogP contribution is 2.22. The molecule has 0 saturated heterocycles. The molecule has 1 amide bonds. The zero-order chi connectivity index (χ0) is 15.7. The summed E-state index contributed by atoms with van der Waals surface area (Å²) in [6.07, 6.45) is 0. The third-order valence-corrected chi connectivity index (χ3v) is 4.08. The van der Waals surface area contributed by atoms with Crippen molar-refractivity contribution in [1.82, 2.24) is 19.7 Å². The van der Waals surface area contributed by atoms with Crippen molar-refractivity contribution in [2.75, 3.05) is 13.7 Å². The number of nitrogens with zero attached hydrogens (tertiary/aromatic N) is 4. The molecule has 1 unspecified atom stereocenters. The van der Waals surface area contributed by atoms with Crippen molar-refractivity contribution in [1.29, 1.82) is 0 Å². The normalized spacial score (nSPS) is 17.7. The van der Waals surface area contributed by atoms with Gasteiger partial charge in [-0.05, 0) is 35.0 Å². The Bertz CT molecular complexity index is 701. The van der Waals surface area contributed by atoms with Crippen LogP contribution in [0.4, 0.5) is 0 Å². The van der Waals surface area contributed by atoms with Gasteiger partial charge in [0.25, 0.3) is 5.91 Å². The van der Waals surface area contributed by atoms with E-state index in [4.69, 9.17) is 4.74 Å². The molecule has 0 N–H and O–H groups in total. The number of hydrogen-bond donors (Lipinski definition) is 0. The van der Waals surface area contributed by atoms with Crippen molar-refractivity contribution >= 4 is 21.8 Å². The van der Waals surface area contributed by atoms with Crippen LogP contribution in [0.25, 0.3) is 0 Å². The lowest BCUT2D eigenvalue weighted by atomic mass is 10.1. The molecule has 0 radical (unpaired) electrons.